The van der Waals surface area contributed by atoms with E-state index in [9.17, 15) is 24.0 Å². The van der Waals surface area contributed by atoms with E-state index < -0.39 is 40.9 Å². The molecule has 0 bridgehead atoms. The van der Waals surface area contributed by atoms with E-state index in [1.54, 1.807) is 0 Å². The lowest BCUT2D eigenvalue weighted by molar-refractivity contribution is -0.139. The van der Waals surface area contributed by atoms with Gasteiger partial charge >= 0.3 is 23.6 Å². The van der Waals surface area contributed by atoms with Crippen LogP contribution in [0.15, 0.2) is 15.7 Å². The zero-order chi connectivity index (χ0) is 16.6. The van der Waals surface area contributed by atoms with Crippen molar-refractivity contribution in [3.63, 3.8) is 0 Å². The van der Waals surface area contributed by atoms with Crippen LogP contribution in [0.4, 0.5) is 0 Å². The van der Waals surface area contributed by atoms with Crippen LogP contribution in [0.1, 0.15) is 23.3 Å². The highest BCUT2D eigenvalue weighted by atomic mass is 16.4. The number of H-pyrrole nitrogens is 2. The van der Waals surface area contributed by atoms with Crippen LogP contribution >= 0.6 is 0 Å². The first-order valence-corrected chi connectivity index (χ1v) is 5.40. The summed E-state index contributed by atoms with van der Waals surface area (Å²) >= 11 is 0. The minimum Gasteiger partial charge on any atom is -0.481 e. The Hall–Kier alpha value is -2.95. The van der Waals surface area contributed by atoms with Gasteiger partial charge in [-0.1, -0.05) is 0 Å². The summed E-state index contributed by atoms with van der Waals surface area (Å²) in [4.78, 5) is 54.7. The molecule has 0 aliphatic carbocycles. The van der Waals surface area contributed by atoms with E-state index in [0.717, 1.165) is 6.07 Å². The number of hydrogen-bond donors (Lipinski definition) is 6. The topological polar surface area (TPSA) is 204 Å². The van der Waals surface area contributed by atoms with Gasteiger partial charge in [0.05, 0.1) is 0 Å². The van der Waals surface area contributed by atoms with Crippen LogP contribution in [0.5, 0.6) is 0 Å². The molecule has 0 radical (unpaired) electrons. The third kappa shape index (κ3) is 7.94. The molecular formula is C10H13N3O8. The third-order valence-electron chi connectivity index (χ3n) is 1.98. The van der Waals surface area contributed by atoms with Gasteiger partial charge in [0.1, 0.15) is 11.7 Å². The van der Waals surface area contributed by atoms with Crippen molar-refractivity contribution < 1.29 is 29.7 Å². The van der Waals surface area contributed by atoms with E-state index in [4.69, 9.17) is 21.1 Å². The standard InChI is InChI=1S/C5H4N2O4.C5H9NO4/c8-3-1-2(4(9)10)6-5(11)7-3;6-3(5(9)10)1-2-4(7)8/h1H,(H,9,10)(H2,6,7,8,11);3H,1-2,6H2,(H,7,8)(H,9,10). The molecule has 0 fully saturated rings. The Balaban J connectivity index is 0.000000384. The van der Waals surface area contributed by atoms with Crippen molar-refractivity contribution in [3.8, 4) is 0 Å². The smallest absolute Gasteiger partial charge is 0.352 e. The summed E-state index contributed by atoms with van der Waals surface area (Å²) < 4.78 is 0. The van der Waals surface area contributed by atoms with E-state index in [2.05, 4.69) is 0 Å². The number of aromatic carboxylic acids is 1. The highest BCUT2D eigenvalue weighted by Gasteiger charge is 2.12. The van der Waals surface area contributed by atoms with Gasteiger partial charge in [-0.25, -0.2) is 9.59 Å². The van der Waals surface area contributed by atoms with Crippen LogP contribution in [-0.4, -0.2) is 49.2 Å². The van der Waals surface area contributed by atoms with Crippen LogP contribution < -0.4 is 17.0 Å². The zero-order valence-electron chi connectivity index (χ0n) is 10.5. The molecule has 1 heterocycles. The van der Waals surface area contributed by atoms with Gasteiger partial charge in [0, 0.05) is 12.5 Å². The number of hydrogen-bond acceptors (Lipinski definition) is 6. The summed E-state index contributed by atoms with van der Waals surface area (Å²) in [5.41, 5.74) is 3.03. The summed E-state index contributed by atoms with van der Waals surface area (Å²) in [7, 11) is 0. The molecule has 11 nitrogen and oxygen atoms in total. The summed E-state index contributed by atoms with van der Waals surface area (Å²) in [5.74, 6) is -3.54. The number of carbonyl (C=O) groups is 3. The number of aliphatic carboxylic acids is 2. The quantitative estimate of drug-likeness (QED) is 0.356. The Morgan fingerprint density at radius 1 is 1.14 bits per heavy atom. The summed E-state index contributed by atoms with van der Waals surface area (Å²) in [6.07, 6.45) is -0.224. The van der Waals surface area contributed by atoms with E-state index in [1.165, 1.54) is 0 Å². The molecule has 0 amide bonds. The van der Waals surface area contributed by atoms with E-state index in [0.29, 0.717) is 0 Å². The lowest BCUT2D eigenvalue weighted by Gasteiger charge is -2.01. The highest BCUT2D eigenvalue weighted by molar-refractivity contribution is 5.84. The fourth-order valence-electron chi connectivity index (χ4n) is 0.986. The molecule has 11 heteroatoms. The lowest BCUT2D eigenvalue weighted by Crippen LogP contribution is -2.30. The maximum atomic E-state index is 10.5. The minimum atomic E-state index is -1.34. The SMILES string of the molecule is NC(CCC(=O)O)C(=O)O.O=C(O)c1cc(=O)[nH]c(=O)[nH]1. The van der Waals surface area contributed by atoms with Gasteiger partial charge in [-0.2, -0.15) is 0 Å². The number of aromatic nitrogens is 2. The van der Waals surface area contributed by atoms with Gasteiger partial charge in [-0.05, 0) is 6.42 Å². The van der Waals surface area contributed by atoms with Gasteiger partial charge in [-0.15, -0.1) is 0 Å². The van der Waals surface area contributed by atoms with Crippen molar-refractivity contribution in [1.82, 2.24) is 9.97 Å². The fraction of sp³-hybridized carbons (Fsp3) is 0.300. The summed E-state index contributed by atoms with van der Waals surface area (Å²) in [5, 5.41) is 24.6. The molecule has 1 rings (SSSR count). The molecule has 1 aromatic heterocycles. The molecular weight excluding hydrogens is 290 g/mol. The van der Waals surface area contributed by atoms with Crippen LogP contribution in [0, 0.1) is 0 Å². The molecule has 1 aromatic rings. The highest BCUT2D eigenvalue weighted by Crippen LogP contribution is 1.93. The Morgan fingerprint density at radius 3 is 2.10 bits per heavy atom. The molecule has 21 heavy (non-hydrogen) atoms. The maximum Gasteiger partial charge on any atom is 0.352 e. The third-order valence-corrected chi connectivity index (χ3v) is 1.98. The molecule has 0 saturated heterocycles. The predicted molar refractivity (Wildman–Crippen MR) is 67.1 cm³/mol. The molecule has 0 aliphatic rings. The average Bonchev–Trinajstić information content (AvgIpc) is 2.35. The monoisotopic (exact) mass is 303 g/mol. The van der Waals surface area contributed by atoms with Gasteiger partial charge in [-0.3, -0.25) is 19.4 Å². The second-order valence-electron chi connectivity index (χ2n) is 3.68. The van der Waals surface area contributed by atoms with Gasteiger partial charge in [0.2, 0.25) is 0 Å². The molecule has 1 unspecified atom stereocenters. The second-order valence-corrected chi connectivity index (χ2v) is 3.68. The van der Waals surface area contributed by atoms with Crippen LogP contribution in [0.25, 0.3) is 0 Å². The van der Waals surface area contributed by atoms with Gasteiger partial charge in [0.25, 0.3) is 5.56 Å². The van der Waals surface area contributed by atoms with Crippen LogP contribution in [-0.2, 0) is 9.59 Å². The first kappa shape index (κ1) is 18.0. The van der Waals surface area contributed by atoms with Crippen LogP contribution in [0.3, 0.4) is 0 Å². The number of carboxylic acid groups (broad SMARTS) is 3. The normalized spacial score (nSPS) is 10.9. The van der Waals surface area contributed by atoms with Crippen molar-refractivity contribution in [2.75, 3.05) is 0 Å². The summed E-state index contributed by atoms with van der Waals surface area (Å²) in [6, 6.07) is -0.264. The van der Waals surface area contributed by atoms with E-state index in [1.807, 2.05) is 9.97 Å². The first-order chi connectivity index (χ1) is 9.63. The fourth-order valence-corrected chi connectivity index (χ4v) is 0.986. The van der Waals surface area contributed by atoms with Crippen LogP contribution in [0.2, 0.25) is 0 Å². The Bertz CT molecular complexity index is 603. The Morgan fingerprint density at radius 2 is 1.71 bits per heavy atom. The van der Waals surface area contributed by atoms with Crippen molar-refractivity contribution >= 4 is 17.9 Å². The number of carboxylic acids is 3. The van der Waals surface area contributed by atoms with Gasteiger partial charge < -0.3 is 26.0 Å². The average molecular weight is 303 g/mol. The second kappa shape index (κ2) is 8.27. The molecule has 0 aliphatic heterocycles. The number of nitrogens with one attached hydrogen (secondary N) is 2. The molecule has 116 valence electrons. The molecule has 0 aromatic carbocycles. The van der Waals surface area contributed by atoms with Gasteiger partial charge in [0.15, 0.2) is 0 Å². The molecule has 0 spiro atoms. The van der Waals surface area contributed by atoms with Crippen molar-refractivity contribution in [2.45, 2.75) is 18.9 Å². The number of rotatable bonds is 5. The maximum absolute atomic E-state index is 10.5. The molecule has 7 N–H and O–H groups in total. The number of nitrogens with two attached hydrogens (primary N) is 1. The largest absolute Gasteiger partial charge is 0.481 e. The first-order valence-electron chi connectivity index (χ1n) is 5.40. The molecule has 0 saturated carbocycles. The Labute approximate surface area is 116 Å². The van der Waals surface area contributed by atoms with Crippen molar-refractivity contribution in [3.05, 3.63) is 32.6 Å². The zero-order valence-corrected chi connectivity index (χ0v) is 10.5. The van der Waals surface area contributed by atoms with Crippen molar-refractivity contribution in [1.29, 1.82) is 0 Å². The predicted octanol–water partition coefficient (Wildman–Crippen LogP) is -1.98. The van der Waals surface area contributed by atoms with E-state index >= 15 is 0 Å². The Kier molecular flexibility index (Phi) is 7.11. The lowest BCUT2D eigenvalue weighted by atomic mass is 10.2. The number of aromatic amines is 2. The molecule has 1 atom stereocenters. The summed E-state index contributed by atoms with van der Waals surface area (Å²) in [6.45, 7) is 0. The van der Waals surface area contributed by atoms with Crippen molar-refractivity contribution in [2.24, 2.45) is 5.73 Å². The van der Waals surface area contributed by atoms with E-state index in [-0.39, 0.29) is 12.8 Å². The minimum absolute atomic E-state index is 0.0231.